The summed E-state index contributed by atoms with van der Waals surface area (Å²) in [5.41, 5.74) is 1.92. The van der Waals surface area contributed by atoms with Gasteiger partial charge >= 0.3 is 5.97 Å². The maximum absolute atomic E-state index is 11.6. The Balaban J connectivity index is 2.48. The maximum atomic E-state index is 11.6. The lowest BCUT2D eigenvalue weighted by Crippen LogP contribution is -2.16. The van der Waals surface area contributed by atoms with Crippen molar-refractivity contribution in [3.05, 3.63) is 11.1 Å². The summed E-state index contributed by atoms with van der Waals surface area (Å²) in [7, 11) is 0. The first-order valence-corrected chi connectivity index (χ1v) is 5.52. The summed E-state index contributed by atoms with van der Waals surface area (Å²) in [6.45, 7) is 5.91. The van der Waals surface area contributed by atoms with Crippen molar-refractivity contribution < 1.29 is 9.53 Å². The summed E-state index contributed by atoms with van der Waals surface area (Å²) >= 11 is 0. The van der Waals surface area contributed by atoms with Crippen molar-refractivity contribution in [3.63, 3.8) is 0 Å². The molecule has 0 heterocycles. The predicted octanol–water partition coefficient (Wildman–Crippen LogP) is 3.22. The molecule has 14 heavy (non-hydrogen) atoms. The van der Waals surface area contributed by atoms with Gasteiger partial charge in [-0.15, -0.1) is 0 Å². The zero-order chi connectivity index (χ0) is 10.6. The molecule has 0 atom stereocenters. The van der Waals surface area contributed by atoms with Crippen LogP contribution in [0.25, 0.3) is 0 Å². The van der Waals surface area contributed by atoms with E-state index >= 15 is 0 Å². The first-order chi connectivity index (χ1) is 6.65. The van der Waals surface area contributed by atoms with Crippen molar-refractivity contribution in [2.24, 2.45) is 0 Å². The Labute approximate surface area is 86.3 Å². The standard InChI is InChI=1S/C12H20O2/c1-4-9(2)10(3)12(13)14-11-7-5-6-8-11/h11H,4-8H2,1-3H3. The van der Waals surface area contributed by atoms with Gasteiger partial charge in [0.05, 0.1) is 0 Å². The van der Waals surface area contributed by atoms with Gasteiger partial charge in [-0.3, -0.25) is 0 Å². The van der Waals surface area contributed by atoms with E-state index in [9.17, 15) is 4.79 Å². The maximum Gasteiger partial charge on any atom is 0.333 e. The Morgan fingerprint density at radius 1 is 1.29 bits per heavy atom. The van der Waals surface area contributed by atoms with Crippen LogP contribution in [0.1, 0.15) is 52.9 Å². The first kappa shape index (κ1) is 11.3. The molecule has 1 aliphatic carbocycles. The highest BCUT2D eigenvalue weighted by molar-refractivity contribution is 5.88. The van der Waals surface area contributed by atoms with Gasteiger partial charge in [0, 0.05) is 5.57 Å². The zero-order valence-corrected chi connectivity index (χ0v) is 9.43. The van der Waals surface area contributed by atoms with Crippen molar-refractivity contribution >= 4 is 5.97 Å². The van der Waals surface area contributed by atoms with Crippen molar-refractivity contribution in [3.8, 4) is 0 Å². The molecule has 80 valence electrons. The third-order valence-electron chi connectivity index (χ3n) is 3.05. The van der Waals surface area contributed by atoms with E-state index in [1.54, 1.807) is 0 Å². The Morgan fingerprint density at radius 3 is 2.36 bits per heavy atom. The Kier molecular flexibility index (Phi) is 4.18. The Bertz CT molecular complexity index is 235. The van der Waals surface area contributed by atoms with Crippen LogP contribution in [0, 0.1) is 0 Å². The van der Waals surface area contributed by atoms with Gasteiger partial charge in [0.2, 0.25) is 0 Å². The monoisotopic (exact) mass is 196 g/mol. The molecule has 1 rings (SSSR count). The molecule has 0 unspecified atom stereocenters. The Morgan fingerprint density at radius 2 is 1.86 bits per heavy atom. The summed E-state index contributed by atoms with van der Waals surface area (Å²) in [5, 5.41) is 0. The minimum atomic E-state index is -0.115. The minimum Gasteiger partial charge on any atom is -0.459 e. The van der Waals surface area contributed by atoms with Gasteiger partial charge in [0.25, 0.3) is 0 Å². The van der Waals surface area contributed by atoms with Gasteiger partial charge in [0.1, 0.15) is 6.10 Å². The quantitative estimate of drug-likeness (QED) is 0.511. The number of hydrogen-bond acceptors (Lipinski definition) is 2. The van der Waals surface area contributed by atoms with Crippen molar-refractivity contribution in [2.45, 2.75) is 59.0 Å². The molecule has 0 radical (unpaired) electrons. The molecule has 2 nitrogen and oxygen atoms in total. The van der Waals surface area contributed by atoms with Crippen LogP contribution in [0.5, 0.6) is 0 Å². The summed E-state index contributed by atoms with van der Waals surface area (Å²) in [6.07, 6.45) is 5.60. The van der Waals surface area contributed by atoms with Crippen molar-refractivity contribution in [2.75, 3.05) is 0 Å². The summed E-state index contributed by atoms with van der Waals surface area (Å²) in [4.78, 5) is 11.6. The zero-order valence-electron chi connectivity index (χ0n) is 9.43. The van der Waals surface area contributed by atoms with E-state index in [1.165, 1.54) is 12.8 Å². The number of carbonyl (C=O) groups is 1. The van der Waals surface area contributed by atoms with Crippen molar-refractivity contribution in [1.82, 2.24) is 0 Å². The van der Waals surface area contributed by atoms with Crippen LogP contribution in [0.15, 0.2) is 11.1 Å². The number of hydrogen-bond donors (Lipinski definition) is 0. The van der Waals surface area contributed by atoms with Gasteiger partial charge in [0.15, 0.2) is 0 Å². The number of carbonyl (C=O) groups excluding carboxylic acids is 1. The van der Waals surface area contributed by atoms with Gasteiger partial charge in [-0.1, -0.05) is 12.5 Å². The van der Waals surface area contributed by atoms with E-state index in [0.717, 1.165) is 30.4 Å². The molecule has 2 heteroatoms. The smallest absolute Gasteiger partial charge is 0.333 e. The third kappa shape index (κ3) is 2.86. The second-order valence-corrected chi connectivity index (χ2v) is 4.07. The van der Waals surface area contributed by atoms with E-state index < -0.39 is 0 Å². The van der Waals surface area contributed by atoms with Crippen LogP contribution < -0.4 is 0 Å². The van der Waals surface area contributed by atoms with E-state index in [-0.39, 0.29) is 12.1 Å². The van der Waals surface area contributed by atoms with E-state index in [0.29, 0.717) is 0 Å². The average molecular weight is 196 g/mol. The predicted molar refractivity (Wildman–Crippen MR) is 57.0 cm³/mol. The van der Waals surface area contributed by atoms with Gasteiger partial charge in [-0.25, -0.2) is 4.79 Å². The molecule has 0 aliphatic heterocycles. The molecule has 0 spiro atoms. The molecular weight excluding hydrogens is 176 g/mol. The third-order valence-corrected chi connectivity index (χ3v) is 3.05. The summed E-state index contributed by atoms with van der Waals surface area (Å²) in [6, 6.07) is 0. The normalized spacial score (nSPS) is 19.4. The van der Waals surface area contributed by atoms with Crippen LogP contribution in [0.4, 0.5) is 0 Å². The molecule has 0 aromatic heterocycles. The number of esters is 1. The second-order valence-electron chi connectivity index (χ2n) is 4.07. The largest absolute Gasteiger partial charge is 0.459 e. The number of allylic oxidation sites excluding steroid dienone is 1. The highest BCUT2D eigenvalue weighted by Gasteiger charge is 2.20. The van der Waals surface area contributed by atoms with Gasteiger partial charge < -0.3 is 4.74 Å². The fourth-order valence-electron chi connectivity index (χ4n) is 1.69. The lowest BCUT2D eigenvalue weighted by molar-refractivity contribution is -0.143. The molecule has 0 aromatic rings. The summed E-state index contributed by atoms with van der Waals surface area (Å²) < 4.78 is 5.40. The van der Waals surface area contributed by atoms with Gasteiger partial charge in [-0.2, -0.15) is 0 Å². The topological polar surface area (TPSA) is 26.3 Å². The SMILES string of the molecule is CCC(C)=C(C)C(=O)OC1CCCC1. The fraction of sp³-hybridized carbons (Fsp3) is 0.750. The molecule has 1 fully saturated rings. The van der Waals surface area contributed by atoms with Crippen LogP contribution in [0.3, 0.4) is 0 Å². The van der Waals surface area contributed by atoms with Crippen LogP contribution in [-0.2, 0) is 9.53 Å². The molecule has 0 N–H and O–H groups in total. The Hall–Kier alpha value is -0.790. The summed E-state index contributed by atoms with van der Waals surface area (Å²) in [5.74, 6) is -0.115. The minimum absolute atomic E-state index is 0.115. The highest BCUT2D eigenvalue weighted by Crippen LogP contribution is 2.22. The van der Waals surface area contributed by atoms with E-state index in [2.05, 4.69) is 6.92 Å². The average Bonchev–Trinajstić information content (AvgIpc) is 2.68. The molecule has 1 saturated carbocycles. The van der Waals surface area contributed by atoms with E-state index in [4.69, 9.17) is 4.74 Å². The molecule has 0 amide bonds. The first-order valence-electron chi connectivity index (χ1n) is 5.52. The number of rotatable bonds is 3. The molecule has 0 saturated heterocycles. The molecule has 1 aliphatic rings. The van der Waals surface area contributed by atoms with Crippen LogP contribution in [0.2, 0.25) is 0 Å². The van der Waals surface area contributed by atoms with Crippen molar-refractivity contribution in [1.29, 1.82) is 0 Å². The van der Waals surface area contributed by atoms with Gasteiger partial charge in [-0.05, 0) is 46.0 Å². The molecule has 0 aromatic carbocycles. The lowest BCUT2D eigenvalue weighted by atomic mass is 10.1. The van der Waals surface area contributed by atoms with Crippen LogP contribution in [-0.4, -0.2) is 12.1 Å². The number of ether oxygens (including phenoxy) is 1. The molecular formula is C12H20O2. The second kappa shape index (κ2) is 5.18. The lowest BCUT2D eigenvalue weighted by Gasteiger charge is -2.12. The van der Waals surface area contributed by atoms with E-state index in [1.807, 2.05) is 13.8 Å². The van der Waals surface area contributed by atoms with Crippen LogP contribution >= 0.6 is 0 Å². The fourth-order valence-corrected chi connectivity index (χ4v) is 1.69. The molecule has 0 bridgehead atoms. The highest BCUT2D eigenvalue weighted by atomic mass is 16.5.